The first-order chi connectivity index (χ1) is 17.3. The van der Waals surface area contributed by atoms with Crippen molar-refractivity contribution in [1.29, 1.82) is 0 Å². The number of rotatable bonds is 9. The molecule has 4 rings (SSSR count). The van der Waals surface area contributed by atoms with Crippen LogP contribution in [0.3, 0.4) is 0 Å². The summed E-state index contributed by atoms with van der Waals surface area (Å²) in [5.74, 6) is 0.900. The number of piperazine rings is 1. The summed E-state index contributed by atoms with van der Waals surface area (Å²) in [5, 5.41) is 0.326. The van der Waals surface area contributed by atoms with Gasteiger partial charge >= 0.3 is 0 Å². The highest BCUT2D eigenvalue weighted by atomic mass is 35.5. The Morgan fingerprint density at radius 3 is 2.36 bits per heavy atom. The average Bonchev–Trinajstić information content (AvgIpc) is 2.87. The fourth-order valence-electron chi connectivity index (χ4n) is 4.38. The summed E-state index contributed by atoms with van der Waals surface area (Å²) >= 11 is 6.37. The fraction of sp³-hybridized carbons (Fsp3) is 0.385. The molecular weight excluding hydrogens is 503 g/mol. The molecule has 2 aromatic carbocycles. The molecule has 36 heavy (non-hydrogen) atoms. The Morgan fingerprint density at radius 1 is 1.00 bits per heavy atom. The number of nitrogens with zero attached hydrogens (tertiary/aromatic N) is 4. The maximum absolute atomic E-state index is 14.8. The number of halogens is 2. The van der Waals surface area contributed by atoms with E-state index in [-0.39, 0.29) is 18.8 Å². The van der Waals surface area contributed by atoms with Gasteiger partial charge in [0, 0.05) is 61.4 Å². The van der Waals surface area contributed by atoms with Gasteiger partial charge in [-0.2, -0.15) is 4.31 Å². The van der Waals surface area contributed by atoms with Gasteiger partial charge in [0.15, 0.2) is 5.82 Å². The first-order valence-corrected chi connectivity index (χ1v) is 13.9. The van der Waals surface area contributed by atoms with Crippen LogP contribution in [-0.2, 0) is 27.8 Å². The lowest BCUT2D eigenvalue weighted by Gasteiger charge is -2.36. The second-order valence-corrected chi connectivity index (χ2v) is 11.2. The monoisotopic (exact) mass is 532 g/mol. The van der Waals surface area contributed by atoms with Crippen LogP contribution < -0.4 is 4.90 Å². The molecule has 1 fully saturated rings. The number of sulfonamides is 1. The molecule has 0 atom stereocenters. The van der Waals surface area contributed by atoms with E-state index in [1.54, 1.807) is 19.2 Å². The second-order valence-electron chi connectivity index (χ2n) is 8.67. The fourth-order valence-corrected chi connectivity index (χ4v) is 6.10. The third-order valence-corrected chi connectivity index (χ3v) is 8.62. The summed E-state index contributed by atoms with van der Waals surface area (Å²) in [6.45, 7) is 3.69. The van der Waals surface area contributed by atoms with Crippen molar-refractivity contribution in [1.82, 2.24) is 14.3 Å². The normalized spacial score (nSPS) is 14.8. The maximum Gasteiger partial charge on any atom is 0.214 e. The number of ether oxygens (including phenoxy) is 1. The second kappa shape index (κ2) is 11.6. The minimum Gasteiger partial charge on any atom is -0.378 e. The Balaban J connectivity index is 1.78. The largest absolute Gasteiger partial charge is 0.378 e. The number of anilines is 1. The lowest BCUT2D eigenvalue weighted by molar-refractivity contribution is 0.180. The Bertz CT molecular complexity index is 1280. The summed E-state index contributed by atoms with van der Waals surface area (Å²) in [6.07, 6.45) is 0.756. The quantitative estimate of drug-likeness (QED) is 0.403. The maximum atomic E-state index is 14.8. The van der Waals surface area contributed by atoms with Crippen LogP contribution in [0, 0.1) is 5.82 Å². The molecule has 1 aromatic heterocycles. The number of hydrogen-bond acceptors (Lipinski definition) is 6. The lowest BCUT2D eigenvalue weighted by atomic mass is 10.0. The zero-order valence-corrected chi connectivity index (χ0v) is 22.0. The third kappa shape index (κ3) is 5.86. The van der Waals surface area contributed by atoms with Crippen molar-refractivity contribution in [2.75, 3.05) is 43.9 Å². The van der Waals surface area contributed by atoms with Crippen LogP contribution in [0.15, 0.2) is 48.5 Å². The Morgan fingerprint density at radius 2 is 1.72 bits per heavy atom. The van der Waals surface area contributed by atoms with Crippen molar-refractivity contribution < 1.29 is 17.5 Å². The first-order valence-electron chi connectivity index (χ1n) is 11.9. The van der Waals surface area contributed by atoms with Crippen LogP contribution in [0.4, 0.5) is 10.2 Å². The van der Waals surface area contributed by atoms with Crippen LogP contribution >= 0.6 is 11.6 Å². The minimum absolute atomic E-state index is 0.133. The van der Waals surface area contributed by atoms with Crippen LogP contribution in [0.2, 0.25) is 5.02 Å². The van der Waals surface area contributed by atoms with E-state index in [0.29, 0.717) is 66.1 Å². The van der Waals surface area contributed by atoms with Crippen molar-refractivity contribution >= 4 is 27.4 Å². The van der Waals surface area contributed by atoms with Crippen LogP contribution in [-0.4, -0.2) is 61.7 Å². The van der Waals surface area contributed by atoms with Crippen molar-refractivity contribution in [3.63, 3.8) is 0 Å². The van der Waals surface area contributed by atoms with Gasteiger partial charge in [-0.1, -0.05) is 54.9 Å². The molecule has 0 bridgehead atoms. The number of benzene rings is 2. The Hall–Kier alpha value is -2.59. The molecule has 1 saturated heterocycles. The van der Waals surface area contributed by atoms with Crippen LogP contribution in [0.25, 0.3) is 11.4 Å². The number of aromatic nitrogens is 2. The van der Waals surface area contributed by atoms with E-state index in [1.165, 1.54) is 10.4 Å². The molecule has 0 saturated carbocycles. The van der Waals surface area contributed by atoms with Crippen molar-refractivity contribution in [2.45, 2.75) is 26.4 Å². The highest BCUT2D eigenvalue weighted by Crippen LogP contribution is 2.32. The SMILES string of the molecule is CCCS(=O)(=O)N1CCN(c2nc(-c3ccccc3)nc(COC)c2Cc2c(F)cccc2Cl)CC1. The lowest BCUT2D eigenvalue weighted by Crippen LogP contribution is -2.49. The average molecular weight is 533 g/mol. The topological polar surface area (TPSA) is 75.6 Å². The zero-order valence-electron chi connectivity index (χ0n) is 20.5. The number of methoxy groups -OCH3 is 1. The summed E-state index contributed by atoms with van der Waals surface area (Å²) in [6, 6.07) is 14.2. The van der Waals surface area contributed by atoms with Crippen LogP contribution in [0.1, 0.15) is 30.2 Å². The van der Waals surface area contributed by atoms with Crippen molar-refractivity contribution in [3.8, 4) is 11.4 Å². The molecule has 192 valence electrons. The predicted molar refractivity (Wildman–Crippen MR) is 140 cm³/mol. The Labute approximate surface area is 216 Å². The van der Waals surface area contributed by atoms with Crippen LogP contribution in [0.5, 0.6) is 0 Å². The van der Waals surface area contributed by atoms with Gasteiger partial charge in [-0.3, -0.25) is 0 Å². The van der Waals surface area contributed by atoms with Gasteiger partial charge in [0.05, 0.1) is 18.1 Å². The van der Waals surface area contributed by atoms with Crippen molar-refractivity contribution in [3.05, 3.63) is 76.2 Å². The Kier molecular flexibility index (Phi) is 8.56. The molecule has 1 aliphatic heterocycles. The zero-order chi connectivity index (χ0) is 25.7. The molecule has 1 aliphatic rings. The van der Waals surface area contributed by atoms with E-state index in [1.807, 2.05) is 37.3 Å². The van der Waals surface area contributed by atoms with Gasteiger partial charge in [-0.15, -0.1) is 0 Å². The van der Waals surface area contributed by atoms with E-state index in [2.05, 4.69) is 4.90 Å². The van der Waals surface area contributed by atoms with E-state index in [4.69, 9.17) is 26.3 Å². The van der Waals surface area contributed by atoms with E-state index in [0.717, 1.165) is 5.56 Å². The molecule has 2 heterocycles. The third-order valence-electron chi connectivity index (χ3n) is 6.19. The number of hydrogen-bond donors (Lipinski definition) is 0. The smallest absolute Gasteiger partial charge is 0.214 e. The van der Waals surface area contributed by atoms with E-state index < -0.39 is 15.8 Å². The predicted octanol–water partition coefficient (Wildman–Crippen LogP) is 4.54. The molecule has 3 aromatic rings. The standard InChI is InChI=1S/C26H30ClFN4O3S/c1-3-16-36(33,34)32-14-12-31(13-15-32)26-21(17-20-22(27)10-7-11-23(20)28)24(18-35-2)29-25(30-26)19-8-5-4-6-9-19/h4-11H,3,12-18H2,1-2H3. The molecule has 0 aliphatic carbocycles. The van der Waals surface area contributed by atoms with Gasteiger partial charge in [0.1, 0.15) is 11.6 Å². The van der Waals surface area contributed by atoms with Crippen molar-refractivity contribution in [2.24, 2.45) is 0 Å². The highest BCUT2D eigenvalue weighted by Gasteiger charge is 2.29. The van der Waals surface area contributed by atoms with Gasteiger partial charge in [-0.05, 0) is 18.6 Å². The summed E-state index contributed by atoms with van der Waals surface area (Å²) in [4.78, 5) is 11.8. The molecule has 0 radical (unpaired) electrons. The molecule has 0 unspecified atom stereocenters. The molecule has 0 amide bonds. The molecule has 7 nitrogen and oxygen atoms in total. The van der Waals surface area contributed by atoms with Gasteiger partial charge < -0.3 is 9.64 Å². The molecule has 10 heteroatoms. The van der Waals surface area contributed by atoms with Gasteiger partial charge in [-0.25, -0.2) is 22.8 Å². The van der Waals surface area contributed by atoms with E-state index >= 15 is 0 Å². The van der Waals surface area contributed by atoms with Gasteiger partial charge in [0.2, 0.25) is 10.0 Å². The minimum atomic E-state index is -3.29. The molecular formula is C26H30ClFN4O3S. The van der Waals surface area contributed by atoms with Gasteiger partial charge in [0.25, 0.3) is 0 Å². The summed E-state index contributed by atoms with van der Waals surface area (Å²) in [5.41, 5.74) is 2.56. The summed E-state index contributed by atoms with van der Waals surface area (Å²) in [7, 11) is -1.71. The van der Waals surface area contributed by atoms with E-state index in [9.17, 15) is 12.8 Å². The molecule has 0 N–H and O–H groups in total. The molecule has 0 spiro atoms. The highest BCUT2D eigenvalue weighted by molar-refractivity contribution is 7.89. The summed E-state index contributed by atoms with van der Waals surface area (Å²) < 4.78 is 47.0. The first kappa shape index (κ1) is 26.5.